The molecule has 0 saturated carbocycles. The molecule has 0 aromatic rings. The maximum Gasteiger partial charge on any atom is 0.191 e. The summed E-state index contributed by atoms with van der Waals surface area (Å²) >= 11 is 0. The van der Waals surface area contributed by atoms with E-state index in [0.29, 0.717) is 6.04 Å². The van der Waals surface area contributed by atoms with Crippen molar-refractivity contribution in [3.63, 3.8) is 0 Å². The van der Waals surface area contributed by atoms with Gasteiger partial charge in [0.15, 0.2) is 5.96 Å². The van der Waals surface area contributed by atoms with Crippen molar-refractivity contribution in [1.82, 2.24) is 20.9 Å². The van der Waals surface area contributed by atoms with Crippen molar-refractivity contribution in [2.24, 2.45) is 4.99 Å². The van der Waals surface area contributed by atoms with Gasteiger partial charge in [-0.05, 0) is 67.1 Å². The minimum atomic E-state index is 0.152. The van der Waals surface area contributed by atoms with Gasteiger partial charge in [0, 0.05) is 24.7 Å². The van der Waals surface area contributed by atoms with Gasteiger partial charge >= 0.3 is 0 Å². The zero-order valence-electron chi connectivity index (χ0n) is 16.6. The lowest BCUT2D eigenvalue weighted by Gasteiger charge is -2.22. The summed E-state index contributed by atoms with van der Waals surface area (Å²) < 4.78 is 0. The van der Waals surface area contributed by atoms with Crippen molar-refractivity contribution >= 4 is 5.96 Å². The van der Waals surface area contributed by atoms with Gasteiger partial charge in [-0.3, -0.25) is 4.99 Å². The SMILES string of the molecule is CCNC(=NCCNC(C)(C)C)NC(C)CCCN(CC)CC. The summed E-state index contributed by atoms with van der Waals surface area (Å²) in [6, 6.07) is 0.443. The van der Waals surface area contributed by atoms with Crippen LogP contribution in [0.1, 0.15) is 61.3 Å². The van der Waals surface area contributed by atoms with E-state index in [1.807, 2.05) is 0 Å². The summed E-state index contributed by atoms with van der Waals surface area (Å²) in [5, 5.41) is 10.3. The molecule has 0 bridgehead atoms. The summed E-state index contributed by atoms with van der Waals surface area (Å²) in [5.74, 6) is 0.929. The van der Waals surface area contributed by atoms with E-state index in [-0.39, 0.29) is 5.54 Å². The van der Waals surface area contributed by atoms with Crippen LogP contribution in [-0.2, 0) is 0 Å². The highest BCUT2D eigenvalue weighted by Gasteiger charge is 2.08. The number of rotatable bonds is 11. The second kappa shape index (κ2) is 12.6. The quantitative estimate of drug-likeness (QED) is 0.310. The van der Waals surface area contributed by atoms with Gasteiger partial charge in [0.25, 0.3) is 0 Å². The van der Waals surface area contributed by atoms with E-state index in [1.54, 1.807) is 0 Å². The summed E-state index contributed by atoms with van der Waals surface area (Å²) in [7, 11) is 0. The lowest BCUT2D eigenvalue weighted by molar-refractivity contribution is 0.292. The van der Waals surface area contributed by atoms with Crippen molar-refractivity contribution < 1.29 is 0 Å². The smallest absolute Gasteiger partial charge is 0.191 e. The molecule has 0 aromatic heterocycles. The molecule has 0 radical (unpaired) electrons. The molecule has 0 heterocycles. The van der Waals surface area contributed by atoms with Crippen LogP contribution < -0.4 is 16.0 Å². The van der Waals surface area contributed by atoms with Crippen molar-refractivity contribution in [3.05, 3.63) is 0 Å². The molecule has 0 aliphatic rings. The molecule has 0 rings (SSSR count). The predicted octanol–water partition coefficient (Wildman–Crippen LogP) is 2.44. The number of nitrogens with zero attached hydrogens (tertiary/aromatic N) is 2. The maximum atomic E-state index is 4.65. The fraction of sp³-hybridized carbons (Fsp3) is 0.944. The molecule has 0 aliphatic heterocycles. The van der Waals surface area contributed by atoms with Crippen LogP contribution in [0.5, 0.6) is 0 Å². The molecule has 0 aliphatic carbocycles. The monoisotopic (exact) mass is 327 g/mol. The van der Waals surface area contributed by atoms with E-state index < -0.39 is 0 Å². The van der Waals surface area contributed by atoms with Crippen LogP contribution in [0.25, 0.3) is 0 Å². The predicted molar refractivity (Wildman–Crippen MR) is 103 cm³/mol. The first-order valence-corrected chi connectivity index (χ1v) is 9.34. The number of hydrogen-bond donors (Lipinski definition) is 3. The van der Waals surface area contributed by atoms with E-state index in [2.05, 4.69) is 74.3 Å². The molecule has 0 fully saturated rings. The van der Waals surface area contributed by atoms with E-state index in [9.17, 15) is 0 Å². The lowest BCUT2D eigenvalue weighted by Crippen LogP contribution is -2.43. The molecule has 0 amide bonds. The third-order valence-corrected chi connectivity index (χ3v) is 3.77. The van der Waals surface area contributed by atoms with Gasteiger partial charge in [0.05, 0.1) is 6.54 Å². The van der Waals surface area contributed by atoms with Gasteiger partial charge in [-0.25, -0.2) is 0 Å². The van der Waals surface area contributed by atoms with Crippen molar-refractivity contribution in [3.8, 4) is 0 Å². The Morgan fingerprint density at radius 2 is 1.78 bits per heavy atom. The Balaban J connectivity index is 4.13. The maximum absolute atomic E-state index is 4.65. The van der Waals surface area contributed by atoms with Gasteiger partial charge in [-0.15, -0.1) is 0 Å². The fourth-order valence-corrected chi connectivity index (χ4v) is 2.39. The fourth-order valence-electron chi connectivity index (χ4n) is 2.39. The molecule has 1 unspecified atom stereocenters. The van der Waals surface area contributed by atoms with Crippen LogP contribution in [-0.4, -0.2) is 61.7 Å². The number of guanidine groups is 1. The van der Waals surface area contributed by atoms with E-state index in [0.717, 1.165) is 38.7 Å². The minimum absolute atomic E-state index is 0.152. The summed E-state index contributed by atoms with van der Waals surface area (Å²) in [6.07, 6.45) is 2.39. The first-order chi connectivity index (χ1) is 10.8. The second-order valence-corrected chi connectivity index (χ2v) is 7.15. The third kappa shape index (κ3) is 13.3. The van der Waals surface area contributed by atoms with Gasteiger partial charge in [-0.1, -0.05) is 13.8 Å². The number of hydrogen-bond acceptors (Lipinski definition) is 3. The van der Waals surface area contributed by atoms with E-state index in [1.165, 1.54) is 19.4 Å². The minimum Gasteiger partial charge on any atom is -0.357 e. The van der Waals surface area contributed by atoms with Crippen LogP contribution in [0.15, 0.2) is 4.99 Å². The molecule has 5 nitrogen and oxygen atoms in total. The molecule has 3 N–H and O–H groups in total. The number of aliphatic imine (C=N–C) groups is 1. The van der Waals surface area contributed by atoms with Gasteiger partial charge < -0.3 is 20.9 Å². The van der Waals surface area contributed by atoms with Crippen LogP contribution in [0.3, 0.4) is 0 Å². The first kappa shape index (κ1) is 22.2. The summed E-state index contributed by atoms with van der Waals surface area (Å²) in [5.41, 5.74) is 0.152. The molecule has 0 saturated heterocycles. The lowest BCUT2D eigenvalue weighted by atomic mass is 10.1. The van der Waals surface area contributed by atoms with Crippen molar-refractivity contribution in [2.45, 2.75) is 72.9 Å². The molecule has 138 valence electrons. The normalized spacial score (nSPS) is 14.2. The highest BCUT2D eigenvalue weighted by atomic mass is 15.2. The molecule has 1 atom stereocenters. The molecular formula is C18H41N5. The summed E-state index contributed by atoms with van der Waals surface area (Å²) in [4.78, 5) is 7.13. The Kier molecular flexibility index (Phi) is 12.1. The molecule has 0 spiro atoms. The molecular weight excluding hydrogens is 286 g/mol. The van der Waals surface area contributed by atoms with E-state index >= 15 is 0 Å². The second-order valence-electron chi connectivity index (χ2n) is 7.15. The molecule has 23 heavy (non-hydrogen) atoms. The van der Waals surface area contributed by atoms with Gasteiger partial charge in [0.2, 0.25) is 0 Å². The Morgan fingerprint density at radius 1 is 1.13 bits per heavy atom. The average Bonchev–Trinajstić information content (AvgIpc) is 2.47. The zero-order chi connectivity index (χ0) is 17.7. The molecule has 0 aromatic carbocycles. The molecule has 5 heteroatoms. The van der Waals surface area contributed by atoms with Crippen molar-refractivity contribution in [1.29, 1.82) is 0 Å². The topological polar surface area (TPSA) is 51.7 Å². The van der Waals surface area contributed by atoms with Crippen LogP contribution in [0.2, 0.25) is 0 Å². The Bertz CT molecular complexity index is 305. The average molecular weight is 328 g/mol. The summed E-state index contributed by atoms with van der Waals surface area (Å²) in [6.45, 7) is 21.4. The van der Waals surface area contributed by atoms with Gasteiger partial charge in [-0.2, -0.15) is 0 Å². The standard InChI is InChI=1S/C18H41N5/c1-8-19-17(20-13-14-21-18(5,6)7)22-16(4)12-11-15-23(9-2)10-3/h16,21H,8-15H2,1-7H3,(H2,19,20,22). The highest BCUT2D eigenvalue weighted by Crippen LogP contribution is 2.00. The largest absolute Gasteiger partial charge is 0.357 e. The van der Waals surface area contributed by atoms with Crippen molar-refractivity contribution in [2.75, 3.05) is 39.3 Å². The zero-order valence-corrected chi connectivity index (χ0v) is 16.6. The third-order valence-electron chi connectivity index (χ3n) is 3.77. The van der Waals surface area contributed by atoms with E-state index in [4.69, 9.17) is 0 Å². The van der Waals surface area contributed by atoms with Gasteiger partial charge in [0.1, 0.15) is 0 Å². The first-order valence-electron chi connectivity index (χ1n) is 9.34. The van der Waals surface area contributed by atoms with Crippen LogP contribution in [0, 0.1) is 0 Å². The van der Waals surface area contributed by atoms with Crippen LogP contribution in [0.4, 0.5) is 0 Å². The highest BCUT2D eigenvalue weighted by molar-refractivity contribution is 5.80. The Labute approximate surface area is 144 Å². The number of nitrogens with one attached hydrogen (secondary N) is 3. The Morgan fingerprint density at radius 3 is 2.30 bits per heavy atom. The Hall–Kier alpha value is -0.810. The van der Waals surface area contributed by atoms with Crippen LogP contribution >= 0.6 is 0 Å².